The summed E-state index contributed by atoms with van der Waals surface area (Å²) in [4.78, 5) is 12.1. The number of hydrogen-bond acceptors (Lipinski definition) is 3. The summed E-state index contributed by atoms with van der Waals surface area (Å²) >= 11 is 0. The van der Waals surface area contributed by atoms with Gasteiger partial charge in [0.15, 0.2) is 0 Å². The lowest BCUT2D eigenvalue weighted by atomic mass is 10.0. The summed E-state index contributed by atoms with van der Waals surface area (Å²) in [5, 5.41) is 6.37. The lowest BCUT2D eigenvalue weighted by Crippen LogP contribution is -2.45. The number of hydrogen-bond donors (Lipinski definition) is 2. The molecule has 20 heavy (non-hydrogen) atoms. The molecule has 0 saturated heterocycles. The third-order valence-corrected chi connectivity index (χ3v) is 3.91. The molecule has 2 N–H and O–H groups in total. The summed E-state index contributed by atoms with van der Waals surface area (Å²) in [7, 11) is 0. The molecule has 1 heterocycles. The first-order valence-electron chi connectivity index (χ1n) is 7.28. The number of nitrogens with one attached hydrogen (secondary N) is 2. The van der Waals surface area contributed by atoms with Crippen LogP contribution >= 0.6 is 0 Å². The molecule has 2 rings (SSSR count). The van der Waals surface area contributed by atoms with Gasteiger partial charge < -0.3 is 15.4 Å². The monoisotopic (exact) mass is 276 g/mol. The number of carbonyl (C=O) groups is 1. The van der Waals surface area contributed by atoms with Crippen LogP contribution in [0.2, 0.25) is 0 Å². The van der Waals surface area contributed by atoms with Crippen LogP contribution in [0.15, 0.2) is 24.3 Å². The van der Waals surface area contributed by atoms with Crippen LogP contribution in [0, 0.1) is 0 Å². The fraction of sp³-hybridized carbons (Fsp3) is 0.562. The molecule has 0 spiro atoms. The molecule has 0 aromatic heterocycles. The Kier molecular flexibility index (Phi) is 4.65. The van der Waals surface area contributed by atoms with Gasteiger partial charge in [-0.15, -0.1) is 0 Å². The van der Waals surface area contributed by atoms with Gasteiger partial charge in [-0.05, 0) is 26.3 Å². The van der Waals surface area contributed by atoms with Crippen molar-refractivity contribution in [2.24, 2.45) is 0 Å². The first-order chi connectivity index (χ1) is 9.52. The van der Waals surface area contributed by atoms with Crippen molar-refractivity contribution in [1.82, 2.24) is 10.6 Å². The summed E-state index contributed by atoms with van der Waals surface area (Å²) in [6.07, 6.45) is 1.81. The predicted octanol–water partition coefficient (Wildman–Crippen LogP) is 2.40. The van der Waals surface area contributed by atoms with Gasteiger partial charge in [-0.25, -0.2) is 0 Å². The Morgan fingerprint density at radius 2 is 2.15 bits per heavy atom. The highest BCUT2D eigenvalue weighted by atomic mass is 16.5. The second-order valence-corrected chi connectivity index (χ2v) is 5.89. The molecular weight excluding hydrogens is 252 g/mol. The lowest BCUT2D eigenvalue weighted by Gasteiger charge is -2.28. The summed E-state index contributed by atoms with van der Waals surface area (Å²) in [6, 6.07) is 7.95. The molecule has 1 aromatic rings. The van der Waals surface area contributed by atoms with Crippen LogP contribution in [0.4, 0.5) is 0 Å². The molecule has 0 fully saturated rings. The Morgan fingerprint density at radius 1 is 1.40 bits per heavy atom. The Labute approximate surface area is 120 Å². The van der Waals surface area contributed by atoms with E-state index in [4.69, 9.17) is 4.74 Å². The molecule has 0 unspecified atom stereocenters. The fourth-order valence-electron chi connectivity index (χ4n) is 2.18. The van der Waals surface area contributed by atoms with Gasteiger partial charge in [0, 0.05) is 17.5 Å². The van der Waals surface area contributed by atoms with E-state index in [0.717, 1.165) is 24.2 Å². The van der Waals surface area contributed by atoms with E-state index in [1.165, 1.54) is 0 Å². The van der Waals surface area contributed by atoms with Crippen molar-refractivity contribution < 1.29 is 9.53 Å². The zero-order chi connectivity index (χ0) is 14.6. The topological polar surface area (TPSA) is 50.4 Å². The fourth-order valence-corrected chi connectivity index (χ4v) is 2.18. The van der Waals surface area contributed by atoms with Crippen LogP contribution in [-0.2, 0) is 4.79 Å². The van der Waals surface area contributed by atoms with E-state index in [1.807, 2.05) is 24.3 Å². The smallest absolute Gasteiger partial charge is 0.234 e. The molecule has 110 valence electrons. The summed E-state index contributed by atoms with van der Waals surface area (Å²) in [5.41, 5.74) is 1.06. The van der Waals surface area contributed by atoms with Gasteiger partial charge in [0.2, 0.25) is 5.91 Å². The van der Waals surface area contributed by atoms with Gasteiger partial charge in [-0.2, -0.15) is 0 Å². The van der Waals surface area contributed by atoms with E-state index in [1.54, 1.807) is 0 Å². The zero-order valence-electron chi connectivity index (χ0n) is 12.5. The van der Waals surface area contributed by atoms with E-state index >= 15 is 0 Å². The highest BCUT2D eigenvalue weighted by Crippen LogP contribution is 2.31. The minimum Gasteiger partial charge on any atom is -0.493 e. The average Bonchev–Trinajstić information content (AvgIpc) is 2.46. The highest BCUT2D eigenvalue weighted by molar-refractivity contribution is 5.78. The third kappa shape index (κ3) is 3.73. The molecule has 1 atom stereocenters. The SMILES string of the molecule is CCC(C)(C)NCC(=O)N[C@H]1CCOc2ccccc21. The highest BCUT2D eigenvalue weighted by Gasteiger charge is 2.23. The van der Waals surface area contributed by atoms with Gasteiger partial charge in [0.25, 0.3) is 0 Å². The zero-order valence-corrected chi connectivity index (χ0v) is 12.5. The molecule has 1 amide bonds. The summed E-state index contributed by atoms with van der Waals surface area (Å²) in [6.45, 7) is 7.31. The normalized spacial score (nSPS) is 18.1. The first kappa shape index (κ1) is 14.9. The Balaban J connectivity index is 1.93. The van der Waals surface area contributed by atoms with Crippen LogP contribution in [0.25, 0.3) is 0 Å². The van der Waals surface area contributed by atoms with E-state index in [9.17, 15) is 4.79 Å². The minimum atomic E-state index is -0.00900. The quantitative estimate of drug-likeness (QED) is 0.868. The van der Waals surface area contributed by atoms with Crippen molar-refractivity contribution in [2.75, 3.05) is 13.2 Å². The molecule has 0 saturated carbocycles. The standard InChI is InChI=1S/C16H24N2O2/c1-4-16(2,3)17-11-15(19)18-13-9-10-20-14-8-6-5-7-12(13)14/h5-8,13,17H,4,9-11H2,1-3H3,(H,18,19)/t13-/m0/s1. The maximum Gasteiger partial charge on any atom is 0.234 e. The number of para-hydroxylation sites is 1. The molecule has 1 aromatic carbocycles. The number of carbonyl (C=O) groups excluding carboxylic acids is 1. The third-order valence-electron chi connectivity index (χ3n) is 3.91. The lowest BCUT2D eigenvalue weighted by molar-refractivity contribution is -0.121. The molecular formula is C16H24N2O2. The molecule has 0 radical (unpaired) electrons. The van der Waals surface area contributed by atoms with Crippen molar-refractivity contribution >= 4 is 5.91 Å². The number of benzene rings is 1. The van der Waals surface area contributed by atoms with E-state index in [-0.39, 0.29) is 17.5 Å². The van der Waals surface area contributed by atoms with Gasteiger partial charge >= 0.3 is 0 Å². The molecule has 0 bridgehead atoms. The van der Waals surface area contributed by atoms with Crippen molar-refractivity contribution in [1.29, 1.82) is 0 Å². The van der Waals surface area contributed by atoms with Crippen molar-refractivity contribution in [3.63, 3.8) is 0 Å². The number of ether oxygens (including phenoxy) is 1. The molecule has 1 aliphatic rings. The Hall–Kier alpha value is -1.55. The molecule has 4 nitrogen and oxygen atoms in total. The summed E-state index contributed by atoms with van der Waals surface area (Å²) < 4.78 is 5.60. The maximum atomic E-state index is 12.1. The average molecular weight is 276 g/mol. The van der Waals surface area contributed by atoms with Gasteiger partial charge in [0.05, 0.1) is 19.2 Å². The van der Waals surface area contributed by atoms with Gasteiger partial charge in [-0.1, -0.05) is 25.1 Å². The van der Waals surface area contributed by atoms with Crippen molar-refractivity contribution in [2.45, 2.75) is 45.2 Å². The molecule has 1 aliphatic heterocycles. The predicted molar refractivity (Wildman–Crippen MR) is 79.8 cm³/mol. The van der Waals surface area contributed by atoms with Crippen LogP contribution in [0.3, 0.4) is 0 Å². The molecule has 4 heteroatoms. The number of rotatable bonds is 5. The second-order valence-electron chi connectivity index (χ2n) is 5.89. The largest absolute Gasteiger partial charge is 0.493 e. The van der Waals surface area contributed by atoms with Crippen LogP contribution in [-0.4, -0.2) is 24.6 Å². The number of amides is 1. The van der Waals surface area contributed by atoms with Crippen LogP contribution in [0.5, 0.6) is 5.75 Å². The van der Waals surface area contributed by atoms with E-state index < -0.39 is 0 Å². The first-order valence-corrected chi connectivity index (χ1v) is 7.28. The second kappa shape index (κ2) is 6.27. The Morgan fingerprint density at radius 3 is 2.90 bits per heavy atom. The minimum absolute atomic E-state index is 0.00900. The van der Waals surface area contributed by atoms with E-state index in [2.05, 4.69) is 31.4 Å². The number of fused-ring (bicyclic) bond motifs is 1. The van der Waals surface area contributed by atoms with Gasteiger partial charge in [-0.3, -0.25) is 4.79 Å². The van der Waals surface area contributed by atoms with Crippen molar-refractivity contribution in [3.8, 4) is 5.75 Å². The van der Waals surface area contributed by atoms with Crippen molar-refractivity contribution in [3.05, 3.63) is 29.8 Å². The summed E-state index contributed by atoms with van der Waals surface area (Å²) in [5.74, 6) is 0.916. The van der Waals surface area contributed by atoms with Crippen LogP contribution < -0.4 is 15.4 Å². The van der Waals surface area contributed by atoms with E-state index in [0.29, 0.717) is 13.2 Å². The van der Waals surface area contributed by atoms with Gasteiger partial charge in [0.1, 0.15) is 5.75 Å². The molecule has 0 aliphatic carbocycles. The Bertz CT molecular complexity index is 471. The van der Waals surface area contributed by atoms with Crippen LogP contribution in [0.1, 0.15) is 45.2 Å². The maximum absolute atomic E-state index is 12.1.